The van der Waals surface area contributed by atoms with Crippen LogP contribution in [0.2, 0.25) is 0 Å². The van der Waals surface area contributed by atoms with E-state index in [0.717, 1.165) is 32.0 Å². The van der Waals surface area contributed by atoms with Gasteiger partial charge in [0.05, 0.1) is 6.61 Å². The second kappa shape index (κ2) is 8.23. The summed E-state index contributed by atoms with van der Waals surface area (Å²) in [7, 11) is 1.74. The van der Waals surface area contributed by atoms with Crippen LogP contribution in [-0.2, 0) is 4.74 Å². The van der Waals surface area contributed by atoms with Crippen molar-refractivity contribution >= 4 is 5.57 Å². The first-order valence-corrected chi connectivity index (χ1v) is 7.78. The van der Waals surface area contributed by atoms with Gasteiger partial charge in [-0.3, -0.25) is 0 Å². The SMILES string of the molecule is COCCNCC/C=C(/C)c1ccc(C2CCC2)cc1. The Labute approximate surface area is 123 Å². The molecule has 1 aromatic carbocycles. The van der Waals surface area contributed by atoms with Gasteiger partial charge in [-0.2, -0.15) is 0 Å². The van der Waals surface area contributed by atoms with Crippen LogP contribution in [0, 0.1) is 0 Å². The molecule has 0 spiro atoms. The van der Waals surface area contributed by atoms with E-state index in [2.05, 4.69) is 42.6 Å². The van der Waals surface area contributed by atoms with Gasteiger partial charge in [-0.1, -0.05) is 36.8 Å². The number of nitrogens with one attached hydrogen (secondary N) is 1. The predicted octanol–water partition coefficient (Wildman–Crippen LogP) is 3.98. The minimum absolute atomic E-state index is 0.783. The van der Waals surface area contributed by atoms with E-state index in [0.29, 0.717) is 0 Å². The molecule has 2 nitrogen and oxygen atoms in total. The summed E-state index contributed by atoms with van der Waals surface area (Å²) in [6, 6.07) is 9.18. The minimum Gasteiger partial charge on any atom is -0.383 e. The van der Waals surface area contributed by atoms with Gasteiger partial charge in [0.1, 0.15) is 0 Å². The molecular weight excluding hydrogens is 246 g/mol. The third-order valence-electron chi connectivity index (χ3n) is 4.20. The monoisotopic (exact) mass is 273 g/mol. The normalized spacial score (nSPS) is 16.2. The first-order valence-electron chi connectivity index (χ1n) is 7.78. The number of ether oxygens (including phenoxy) is 1. The maximum absolute atomic E-state index is 5.01. The van der Waals surface area contributed by atoms with Crippen LogP contribution in [-0.4, -0.2) is 26.8 Å². The Balaban J connectivity index is 1.77. The zero-order chi connectivity index (χ0) is 14.2. The van der Waals surface area contributed by atoms with Crippen LogP contribution >= 0.6 is 0 Å². The van der Waals surface area contributed by atoms with Crippen molar-refractivity contribution in [3.63, 3.8) is 0 Å². The standard InChI is InChI=1S/C18H27NO/c1-15(5-4-12-19-13-14-20-2)16-8-10-18(11-9-16)17-6-3-7-17/h5,8-11,17,19H,3-4,6-7,12-14H2,1-2H3/b15-5-. The lowest BCUT2D eigenvalue weighted by atomic mass is 9.80. The van der Waals surface area contributed by atoms with Gasteiger partial charge in [0.2, 0.25) is 0 Å². The highest BCUT2D eigenvalue weighted by atomic mass is 16.5. The molecular formula is C18H27NO. The van der Waals surface area contributed by atoms with Gasteiger partial charge < -0.3 is 10.1 Å². The molecule has 1 fully saturated rings. The van der Waals surface area contributed by atoms with Crippen molar-refractivity contribution in [3.8, 4) is 0 Å². The van der Waals surface area contributed by atoms with Crippen molar-refractivity contribution in [1.82, 2.24) is 5.32 Å². The topological polar surface area (TPSA) is 21.3 Å². The van der Waals surface area contributed by atoms with E-state index in [1.807, 2.05) is 0 Å². The molecule has 0 radical (unpaired) electrons. The predicted molar refractivity (Wildman–Crippen MR) is 86.0 cm³/mol. The van der Waals surface area contributed by atoms with Crippen LogP contribution in [0.25, 0.3) is 5.57 Å². The van der Waals surface area contributed by atoms with Gasteiger partial charge in [-0.15, -0.1) is 0 Å². The molecule has 1 N–H and O–H groups in total. The summed E-state index contributed by atoms with van der Waals surface area (Å²) in [5.41, 5.74) is 4.25. The highest BCUT2D eigenvalue weighted by Crippen LogP contribution is 2.36. The van der Waals surface area contributed by atoms with E-state index < -0.39 is 0 Å². The Kier molecular flexibility index (Phi) is 6.28. The molecule has 0 atom stereocenters. The van der Waals surface area contributed by atoms with E-state index in [-0.39, 0.29) is 0 Å². The van der Waals surface area contributed by atoms with Gasteiger partial charge in [0.25, 0.3) is 0 Å². The molecule has 0 unspecified atom stereocenters. The fourth-order valence-electron chi connectivity index (χ4n) is 2.57. The largest absolute Gasteiger partial charge is 0.383 e. The van der Waals surface area contributed by atoms with Gasteiger partial charge in [-0.25, -0.2) is 0 Å². The molecule has 1 aromatic rings. The van der Waals surface area contributed by atoms with E-state index in [1.165, 1.54) is 36.0 Å². The maximum Gasteiger partial charge on any atom is 0.0587 e. The third kappa shape index (κ3) is 4.46. The van der Waals surface area contributed by atoms with Gasteiger partial charge in [0, 0.05) is 13.7 Å². The number of allylic oxidation sites excluding steroid dienone is 1. The maximum atomic E-state index is 5.01. The lowest BCUT2D eigenvalue weighted by Crippen LogP contribution is -2.19. The van der Waals surface area contributed by atoms with Crippen molar-refractivity contribution in [2.45, 2.75) is 38.5 Å². The van der Waals surface area contributed by atoms with Gasteiger partial charge in [0.15, 0.2) is 0 Å². The minimum atomic E-state index is 0.783. The van der Waals surface area contributed by atoms with Crippen LogP contribution in [0.4, 0.5) is 0 Å². The summed E-state index contributed by atoms with van der Waals surface area (Å²) in [5.74, 6) is 0.832. The Morgan fingerprint density at radius 1 is 1.25 bits per heavy atom. The molecule has 1 aliphatic carbocycles. The average Bonchev–Trinajstić information content (AvgIpc) is 2.41. The van der Waals surface area contributed by atoms with Crippen LogP contribution < -0.4 is 5.32 Å². The summed E-state index contributed by atoms with van der Waals surface area (Å²) in [5, 5.41) is 3.36. The first-order chi connectivity index (χ1) is 9.81. The zero-order valence-electron chi connectivity index (χ0n) is 12.8. The number of rotatable bonds is 8. The number of benzene rings is 1. The zero-order valence-corrected chi connectivity index (χ0v) is 12.8. The first kappa shape index (κ1) is 15.3. The Morgan fingerprint density at radius 3 is 2.60 bits per heavy atom. The molecule has 0 saturated heterocycles. The fourth-order valence-corrected chi connectivity index (χ4v) is 2.57. The molecule has 0 heterocycles. The van der Waals surface area contributed by atoms with Crippen LogP contribution in [0.1, 0.15) is 49.7 Å². The van der Waals surface area contributed by atoms with Gasteiger partial charge in [-0.05, 0) is 55.3 Å². The smallest absolute Gasteiger partial charge is 0.0587 e. The summed E-state index contributed by atoms with van der Waals surface area (Å²) in [6.45, 7) is 4.93. The molecule has 1 aliphatic rings. The van der Waals surface area contributed by atoms with Crippen molar-refractivity contribution < 1.29 is 4.74 Å². The highest BCUT2D eigenvalue weighted by molar-refractivity contribution is 5.63. The average molecular weight is 273 g/mol. The molecule has 20 heavy (non-hydrogen) atoms. The summed E-state index contributed by atoms with van der Waals surface area (Å²) in [6.07, 6.45) is 7.54. The van der Waals surface area contributed by atoms with Crippen LogP contribution in [0.15, 0.2) is 30.3 Å². The molecule has 0 amide bonds. The molecule has 0 bridgehead atoms. The Morgan fingerprint density at radius 2 is 2.00 bits per heavy atom. The van der Waals surface area contributed by atoms with Crippen molar-refractivity contribution in [2.24, 2.45) is 0 Å². The molecule has 2 rings (SSSR count). The van der Waals surface area contributed by atoms with Gasteiger partial charge >= 0.3 is 0 Å². The summed E-state index contributed by atoms with van der Waals surface area (Å²) >= 11 is 0. The molecule has 110 valence electrons. The lowest BCUT2D eigenvalue weighted by molar-refractivity contribution is 0.199. The number of hydrogen-bond acceptors (Lipinski definition) is 2. The van der Waals surface area contributed by atoms with Crippen molar-refractivity contribution in [2.75, 3.05) is 26.8 Å². The van der Waals surface area contributed by atoms with Crippen LogP contribution in [0.3, 0.4) is 0 Å². The summed E-state index contributed by atoms with van der Waals surface area (Å²) in [4.78, 5) is 0. The third-order valence-corrected chi connectivity index (χ3v) is 4.20. The lowest BCUT2D eigenvalue weighted by Gasteiger charge is -2.25. The quantitative estimate of drug-likeness (QED) is 0.723. The molecule has 0 aliphatic heterocycles. The number of methoxy groups -OCH3 is 1. The second-order valence-corrected chi connectivity index (χ2v) is 5.67. The molecule has 2 heteroatoms. The Hall–Kier alpha value is -1.12. The fraction of sp³-hybridized carbons (Fsp3) is 0.556. The van der Waals surface area contributed by atoms with E-state index in [9.17, 15) is 0 Å². The summed E-state index contributed by atoms with van der Waals surface area (Å²) < 4.78 is 5.01. The number of hydrogen-bond donors (Lipinski definition) is 1. The van der Waals surface area contributed by atoms with Crippen molar-refractivity contribution in [3.05, 3.63) is 41.5 Å². The highest BCUT2D eigenvalue weighted by Gasteiger charge is 2.18. The van der Waals surface area contributed by atoms with Crippen LogP contribution in [0.5, 0.6) is 0 Å². The Bertz CT molecular complexity index is 418. The van der Waals surface area contributed by atoms with Crippen molar-refractivity contribution in [1.29, 1.82) is 0 Å². The molecule has 0 aromatic heterocycles. The van der Waals surface area contributed by atoms with E-state index in [1.54, 1.807) is 7.11 Å². The second-order valence-electron chi connectivity index (χ2n) is 5.67. The molecule has 1 saturated carbocycles. The van der Waals surface area contributed by atoms with E-state index in [4.69, 9.17) is 4.74 Å². The van der Waals surface area contributed by atoms with E-state index >= 15 is 0 Å².